The second-order valence-corrected chi connectivity index (χ2v) is 6.09. The molecule has 82 valence electrons. The molecule has 1 aliphatic heterocycles. The number of hydrogen-bond donors (Lipinski definition) is 1. The van der Waals surface area contributed by atoms with Crippen LogP contribution in [0, 0.1) is 12.8 Å². The number of benzene rings is 1. The lowest BCUT2D eigenvalue weighted by molar-refractivity contribution is 0.620. The van der Waals surface area contributed by atoms with Crippen molar-refractivity contribution in [3.05, 3.63) is 22.7 Å². The standard InChI is InChI=1S/C12H16ClNS/c1-7(2)11-6-14-12-9(13)4-8(3)5-10(12)15-11/h4-5,7,11,14H,6H2,1-3H3. The van der Waals surface area contributed by atoms with E-state index in [0.29, 0.717) is 11.2 Å². The normalized spacial score (nSPS) is 19.9. The van der Waals surface area contributed by atoms with Crippen LogP contribution >= 0.6 is 23.4 Å². The van der Waals surface area contributed by atoms with Crippen LogP contribution in [0.25, 0.3) is 0 Å². The lowest BCUT2D eigenvalue weighted by atomic mass is 10.1. The van der Waals surface area contributed by atoms with E-state index in [4.69, 9.17) is 11.6 Å². The third-order valence-corrected chi connectivity index (χ3v) is 4.59. The van der Waals surface area contributed by atoms with Crippen LogP contribution < -0.4 is 5.32 Å². The van der Waals surface area contributed by atoms with Crippen LogP contribution in [-0.2, 0) is 0 Å². The smallest absolute Gasteiger partial charge is 0.0668 e. The number of fused-ring (bicyclic) bond motifs is 1. The van der Waals surface area contributed by atoms with Gasteiger partial charge in [0.15, 0.2) is 0 Å². The molecule has 0 saturated heterocycles. The number of nitrogens with one attached hydrogen (secondary N) is 1. The van der Waals surface area contributed by atoms with Gasteiger partial charge >= 0.3 is 0 Å². The zero-order valence-corrected chi connectivity index (χ0v) is 10.9. The molecule has 3 heteroatoms. The molecule has 1 atom stereocenters. The molecule has 0 aromatic heterocycles. The minimum absolute atomic E-state index is 0.648. The van der Waals surface area contributed by atoms with Crippen LogP contribution in [0.1, 0.15) is 19.4 Å². The van der Waals surface area contributed by atoms with E-state index < -0.39 is 0 Å². The largest absolute Gasteiger partial charge is 0.382 e. The van der Waals surface area contributed by atoms with Crippen molar-refractivity contribution in [1.29, 1.82) is 0 Å². The first-order chi connectivity index (χ1) is 7.08. The SMILES string of the molecule is Cc1cc(Cl)c2c(c1)SC(C(C)C)CN2. The van der Waals surface area contributed by atoms with Crippen LogP contribution in [-0.4, -0.2) is 11.8 Å². The molecule has 0 spiro atoms. The van der Waals surface area contributed by atoms with Gasteiger partial charge in [0.2, 0.25) is 0 Å². The van der Waals surface area contributed by atoms with Gasteiger partial charge < -0.3 is 5.32 Å². The van der Waals surface area contributed by atoms with Gasteiger partial charge in [-0.2, -0.15) is 0 Å². The summed E-state index contributed by atoms with van der Waals surface area (Å²) < 4.78 is 0. The Morgan fingerprint density at radius 3 is 2.87 bits per heavy atom. The Morgan fingerprint density at radius 1 is 1.47 bits per heavy atom. The van der Waals surface area contributed by atoms with E-state index >= 15 is 0 Å². The average Bonchev–Trinajstić information content (AvgIpc) is 2.16. The Labute approximate surface area is 101 Å². The number of anilines is 1. The van der Waals surface area contributed by atoms with Gasteiger partial charge in [-0.3, -0.25) is 0 Å². The summed E-state index contributed by atoms with van der Waals surface area (Å²) >= 11 is 8.15. The van der Waals surface area contributed by atoms with Gasteiger partial charge in [0, 0.05) is 16.7 Å². The fourth-order valence-electron chi connectivity index (χ4n) is 1.75. The molecule has 0 saturated carbocycles. The van der Waals surface area contributed by atoms with Crippen molar-refractivity contribution in [3.8, 4) is 0 Å². The molecule has 1 aromatic rings. The molecular formula is C12H16ClNS. The molecule has 1 aliphatic rings. The zero-order chi connectivity index (χ0) is 11.0. The summed E-state index contributed by atoms with van der Waals surface area (Å²) in [6.45, 7) is 7.63. The Hall–Kier alpha value is -0.340. The van der Waals surface area contributed by atoms with Crippen molar-refractivity contribution in [2.75, 3.05) is 11.9 Å². The van der Waals surface area contributed by atoms with Crippen molar-refractivity contribution in [3.63, 3.8) is 0 Å². The highest BCUT2D eigenvalue weighted by atomic mass is 35.5. The van der Waals surface area contributed by atoms with Crippen LogP contribution in [0.5, 0.6) is 0 Å². The Bertz CT molecular complexity index is 376. The van der Waals surface area contributed by atoms with E-state index in [0.717, 1.165) is 17.3 Å². The van der Waals surface area contributed by atoms with Crippen molar-refractivity contribution in [2.45, 2.75) is 30.9 Å². The lowest BCUT2D eigenvalue weighted by Crippen LogP contribution is -2.26. The van der Waals surface area contributed by atoms with E-state index in [2.05, 4.69) is 32.2 Å². The summed E-state index contributed by atoms with van der Waals surface area (Å²) in [6.07, 6.45) is 0. The van der Waals surface area contributed by atoms with Gasteiger partial charge in [-0.25, -0.2) is 0 Å². The summed E-state index contributed by atoms with van der Waals surface area (Å²) in [5, 5.41) is 4.93. The minimum Gasteiger partial charge on any atom is -0.382 e. The molecule has 1 N–H and O–H groups in total. The maximum atomic E-state index is 6.20. The predicted octanol–water partition coefficient (Wildman–Crippen LogP) is 4.19. The minimum atomic E-state index is 0.648. The number of thioether (sulfide) groups is 1. The number of aryl methyl sites for hydroxylation is 1. The molecule has 1 aromatic carbocycles. The van der Waals surface area contributed by atoms with E-state index in [9.17, 15) is 0 Å². The summed E-state index contributed by atoms with van der Waals surface area (Å²) in [5.74, 6) is 0.690. The number of hydrogen-bond acceptors (Lipinski definition) is 2. The van der Waals surface area contributed by atoms with Crippen LogP contribution in [0.4, 0.5) is 5.69 Å². The maximum Gasteiger partial charge on any atom is 0.0668 e. The summed E-state index contributed by atoms with van der Waals surface area (Å²) in [5.41, 5.74) is 2.35. The van der Waals surface area contributed by atoms with E-state index in [1.807, 2.05) is 17.8 Å². The van der Waals surface area contributed by atoms with Crippen LogP contribution in [0.2, 0.25) is 5.02 Å². The Kier molecular flexibility index (Phi) is 3.17. The van der Waals surface area contributed by atoms with Crippen molar-refractivity contribution in [1.82, 2.24) is 0 Å². The highest BCUT2D eigenvalue weighted by molar-refractivity contribution is 8.00. The molecule has 0 amide bonds. The topological polar surface area (TPSA) is 12.0 Å². The average molecular weight is 242 g/mol. The fourth-order valence-corrected chi connectivity index (χ4v) is 3.47. The summed E-state index contributed by atoms with van der Waals surface area (Å²) in [4.78, 5) is 1.30. The summed E-state index contributed by atoms with van der Waals surface area (Å²) in [7, 11) is 0. The molecule has 0 fully saturated rings. The zero-order valence-electron chi connectivity index (χ0n) is 9.30. The number of rotatable bonds is 1. The second kappa shape index (κ2) is 4.26. The second-order valence-electron chi connectivity index (χ2n) is 4.40. The highest BCUT2D eigenvalue weighted by Gasteiger charge is 2.23. The van der Waals surface area contributed by atoms with Gasteiger partial charge in [-0.15, -0.1) is 11.8 Å². The van der Waals surface area contributed by atoms with E-state index in [1.54, 1.807) is 0 Å². The predicted molar refractivity (Wildman–Crippen MR) is 69.2 cm³/mol. The maximum absolute atomic E-state index is 6.20. The monoisotopic (exact) mass is 241 g/mol. The molecule has 0 aliphatic carbocycles. The molecule has 15 heavy (non-hydrogen) atoms. The van der Waals surface area contributed by atoms with Crippen LogP contribution in [0.3, 0.4) is 0 Å². The molecule has 1 heterocycles. The third-order valence-electron chi connectivity index (χ3n) is 2.70. The fraction of sp³-hybridized carbons (Fsp3) is 0.500. The first-order valence-corrected chi connectivity index (χ1v) is 6.54. The summed E-state index contributed by atoms with van der Waals surface area (Å²) in [6, 6.07) is 4.23. The molecule has 0 radical (unpaired) electrons. The molecule has 1 unspecified atom stereocenters. The first kappa shape index (κ1) is 11.2. The number of halogens is 1. The quantitative estimate of drug-likeness (QED) is 0.791. The van der Waals surface area contributed by atoms with Gasteiger partial charge in [-0.1, -0.05) is 25.4 Å². The highest BCUT2D eigenvalue weighted by Crippen LogP contribution is 2.41. The van der Waals surface area contributed by atoms with Gasteiger partial charge in [0.25, 0.3) is 0 Å². The Morgan fingerprint density at radius 2 is 2.20 bits per heavy atom. The van der Waals surface area contributed by atoms with E-state index in [-0.39, 0.29) is 0 Å². The first-order valence-electron chi connectivity index (χ1n) is 5.28. The van der Waals surface area contributed by atoms with Crippen LogP contribution in [0.15, 0.2) is 17.0 Å². The van der Waals surface area contributed by atoms with Crippen molar-refractivity contribution >= 4 is 29.1 Å². The third kappa shape index (κ3) is 2.26. The van der Waals surface area contributed by atoms with Gasteiger partial charge in [0.1, 0.15) is 0 Å². The van der Waals surface area contributed by atoms with Crippen molar-refractivity contribution in [2.24, 2.45) is 5.92 Å². The lowest BCUT2D eigenvalue weighted by Gasteiger charge is -2.29. The Balaban J connectivity index is 2.33. The van der Waals surface area contributed by atoms with Gasteiger partial charge in [0.05, 0.1) is 10.7 Å². The molecule has 0 bridgehead atoms. The molecule has 1 nitrogen and oxygen atoms in total. The van der Waals surface area contributed by atoms with Gasteiger partial charge in [-0.05, 0) is 30.5 Å². The molecule has 2 rings (SSSR count). The molecular weight excluding hydrogens is 226 g/mol. The van der Waals surface area contributed by atoms with Crippen molar-refractivity contribution < 1.29 is 0 Å². The van der Waals surface area contributed by atoms with E-state index in [1.165, 1.54) is 10.5 Å².